The van der Waals surface area contributed by atoms with E-state index in [4.69, 9.17) is 21.1 Å². The van der Waals surface area contributed by atoms with E-state index in [2.05, 4.69) is 20.2 Å². The van der Waals surface area contributed by atoms with E-state index in [1.807, 2.05) is 6.26 Å². The number of hydrogen-bond donors (Lipinski definition) is 2. The molecule has 2 N–H and O–H groups in total. The molecular formula is C11H15ClN4O3S. The summed E-state index contributed by atoms with van der Waals surface area (Å²) in [5.41, 5.74) is 0.0252. The van der Waals surface area contributed by atoms with Crippen molar-refractivity contribution in [3.8, 4) is 0 Å². The zero-order valence-electron chi connectivity index (χ0n) is 10.9. The molecule has 0 radical (unpaired) electrons. The molecule has 1 atom stereocenters. The van der Waals surface area contributed by atoms with E-state index in [-0.39, 0.29) is 5.56 Å². The van der Waals surface area contributed by atoms with Gasteiger partial charge in [0.05, 0.1) is 25.3 Å². The molecule has 0 spiro atoms. The molecule has 0 bridgehead atoms. The van der Waals surface area contributed by atoms with Crippen molar-refractivity contribution in [2.45, 2.75) is 12.0 Å². The standard InChI is InChI=1S/C11H15ClN4O3S/c1-20-6-18-2-3-19-8(12)4-9-14-7-5-13-16-10(7)11(17)15-9/h5,8H,2-4,6H2,1H3,(H,13,16)(H,14,15,17)/t8-/m1/s1. The second-order valence-corrected chi connectivity index (χ2v) is 5.24. The number of aromatic nitrogens is 4. The Hall–Kier alpha value is -1.09. The van der Waals surface area contributed by atoms with E-state index < -0.39 is 5.56 Å². The van der Waals surface area contributed by atoms with E-state index in [0.717, 1.165) is 0 Å². The maximum absolute atomic E-state index is 11.7. The Kier molecular flexibility index (Phi) is 5.84. The monoisotopic (exact) mass is 318 g/mol. The lowest BCUT2D eigenvalue weighted by Crippen LogP contribution is -2.18. The highest BCUT2D eigenvalue weighted by Gasteiger charge is 2.11. The summed E-state index contributed by atoms with van der Waals surface area (Å²) in [7, 11) is 0. The first-order valence-corrected chi connectivity index (χ1v) is 7.78. The molecule has 7 nitrogen and oxygen atoms in total. The molecule has 0 aliphatic rings. The van der Waals surface area contributed by atoms with Crippen molar-refractivity contribution in [2.75, 3.05) is 25.4 Å². The number of hydrogen-bond acceptors (Lipinski definition) is 6. The number of nitrogens with zero attached hydrogens (tertiary/aromatic N) is 2. The van der Waals surface area contributed by atoms with Gasteiger partial charge in [0.25, 0.3) is 5.56 Å². The summed E-state index contributed by atoms with van der Waals surface area (Å²) in [5, 5.41) is 6.35. The fraction of sp³-hybridized carbons (Fsp3) is 0.545. The number of halogens is 1. The highest BCUT2D eigenvalue weighted by atomic mass is 35.5. The minimum atomic E-state index is -0.569. The highest BCUT2D eigenvalue weighted by molar-refractivity contribution is 7.98. The van der Waals surface area contributed by atoms with Crippen LogP contribution in [0.5, 0.6) is 0 Å². The molecule has 0 saturated carbocycles. The Labute approximate surface area is 124 Å². The Bertz CT molecular complexity index is 603. The molecule has 110 valence electrons. The normalized spacial score (nSPS) is 12.9. The number of rotatable bonds is 8. The van der Waals surface area contributed by atoms with E-state index in [0.29, 0.717) is 42.4 Å². The van der Waals surface area contributed by atoms with Crippen LogP contribution in [0, 0.1) is 0 Å². The van der Waals surface area contributed by atoms with Gasteiger partial charge < -0.3 is 14.5 Å². The fourth-order valence-corrected chi connectivity index (χ4v) is 2.10. The molecule has 2 rings (SSSR count). The molecule has 0 aliphatic carbocycles. The summed E-state index contributed by atoms with van der Waals surface area (Å²) in [5.74, 6) is 1.09. The summed E-state index contributed by atoms with van der Waals surface area (Å²) < 4.78 is 10.6. The molecule has 0 aromatic carbocycles. The molecular weight excluding hydrogens is 304 g/mol. The van der Waals surface area contributed by atoms with Crippen LogP contribution in [0.4, 0.5) is 0 Å². The first kappa shape index (κ1) is 15.3. The zero-order valence-corrected chi connectivity index (χ0v) is 12.5. The van der Waals surface area contributed by atoms with Crippen molar-refractivity contribution in [1.29, 1.82) is 0 Å². The molecule has 2 aromatic heterocycles. The van der Waals surface area contributed by atoms with E-state index in [1.165, 1.54) is 6.20 Å². The number of H-pyrrole nitrogens is 2. The van der Waals surface area contributed by atoms with Crippen LogP contribution < -0.4 is 5.56 Å². The third-order valence-corrected chi connectivity index (χ3v) is 3.12. The van der Waals surface area contributed by atoms with Crippen LogP contribution in [-0.2, 0) is 15.9 Å². The first-order valence-electron chi connectivity index (χ1n) is 5.95. The maximum Gasteiger partial charge on any atom is 0.276 e. The van der Waals surface area contributed by atoms with Crippen LogP contribution >= 0.6 is 23.4 Å². The number of alkyl halides is 1. The quantitative estimate of drug-likeness (QED) is 0.430. The molecule has 20 heavy (non-hydrogen) atoms. The van der Waals surface area contributed by atoms with Crippen molar-refractivity contribution in [3.63, 3.8) is 0 Å². The van der Waals surface area contributed by atoms with Crippen LogP contribution in [0.15, 0.2) is 11.0 Å². The van der Waals surface area contributed by atoms with Gasteiger partial charge in [0, 0.05) is 6.42 Å². The molecule has 9 heteroatoms. The molecule has 0 fully saturated rings. The molecule has 0 amide bonds. The number of nitrogens with one attached hydrogen (secondary N) is 2. The minimum Gasteiger partial charge on any atom is -0.368 e. The van der Waals surface area contributed by atoms with Gasteiger partial charge in [-0.1, -0.05) is 11.6 Å². The summed E-state index contributed by atoms with van der Waals surface area (Å²) in [6.45, 7) is 0.877. The predicted octanol–water partition coefficient (Wildman–Crippen LogP) is 1.11. The van der Waals surface area contributed by atoms with E-state index in [9.17, 15) is 4.79 Å². The summed E-state index contributed by atoms with van der Waals surface area (Å²) >= 11 is 7.63. The van der Waals surface area contributed by atoms with Crippen LogP contribution in [-0.4, -0.2) is 51.1 Å². The van der Waals surface area contributed by atoms with Gasteiger partial charge in [-0.25, -0.2) is 4.98 Å². The zero-order chi connectivity index (χ0) is 14.4. The lowest BCUT2D eigenvalue weighted by molar-refractivity contribution is 0.0494. The van der Waals surface area contributed by atoms with Crippen molar-refractivity contribution in [3.05, 3.63) is 22.4 Å². The maximum atomic E-state index is 11.7. The number of ether oxygens (including phenoxy) is 2. The average molecular weight is 319 g/mol. The highest BCUT2D eigenvalue weighted by Crippen LogP contribution is 2.07. The third-order valence-electron chi connectivity index (χ3n) is 2.44. The van der Waals surface area contributed by atoms with Gasteiger partial charge in [-0.15, -0.1) is 11.8 Å². The summed E-state index contributed by atoms with van der Waals surface area (Å²) in [4.78, 5) is 18.6. The third kappa shape index (κ3) is 4.20. The van der Waals surface area contributed by atoms with Gasteiger partial charge in [-0.2, -0.15) is 5.10 Å². The molecule has 2 heterocycles. The second kappa shape index (κ2) is 7.63. The van der Waals surface area contributed by atoms with E-state index >= 15 is 0 Å². The number of fused-ring (bicyclic) bond motifs is 1. The SMILES string of the molecule is CSCOCCO[C@@H](Cl)Cc1nc2cn[nH]c2c(=O)[nH]1. The van der Waals surface area contributed by atoms with Crippen molar-refractivity contribution in [1.82, 2.24) is 20.2 Å². The Morgan fingerprint density at radius 2 is 2.35 bits per heavy atom. The Balaban J connectivity index is 1.86. The van der Waals surface area contributed by atoms with Gasteiger partial charge in [-0.05, 0) is 6.26 Å². The second-order valence-electron chi connectivity index (χ2n) is 3.94. The summed E-state index contributed by atoms with van der Waals surface area (Å²) in [6.07, 6.45) is 3.76. The number of thioether (sulfide) groups is 1. The average Bonchev–Trinajstić information content (AvgIpc) is 2.87. The first-order chi connectivity index (χ1) is 9.70. The van der Waals surface area contributed by atoms with Gasteiger partial charge in [0.15, 0.2) is 0 Å². The molecule has 0 saturated heterocycles. The largest absolute Gasteiger partial charge is 0.368 e. The van der Waals surface area contributed by atoms with E-state index in [1.54, 1.807) is 11.8 Å². The van der Waals surface area contributed by atoms with Crippen LogP contribution in [0.3, 0.4) is 0 Å². The lowest BCUT2D eigenvalue weighted by atomic mass is 10.4. The Morgan fingerprint density at radius 3 is 3.15 bits per heavy atom. The van der Waals surface area contributed by atoms with Crippen LogP contribution in [0.2, 0.25) is 0 Å². The molecule has 2 aromatic rings. The van der Waals surface area contributed by atoms with Crippen molar-refractivity contribution in [2.24, 2.45) is 0 Å². The fourth-order valence-electron chi connectivity index (χ4n) is 1.58. The Morgan fingerprint density at radius 1 is 1.50 bits per heavy atom. The van der Waals surface area contributed by atoms with Crippen LogP contribution in [0.25, 0.3) is 11.0 Å². The molecule has 0 unspecified atom stereocenters. The minimum absolute atomic E-state index is 0.269. The van der Waals surface area contributed by atoms with Gasteiger partial charge >= 0.3 is 0 Å². The lowest BCUT2D eigenvalue weighted by Gasteiger charge is -2.10. The summed E-state index contributed by atoms with van der Waals surface area (Å²) in [6, 6.07) is 0. The van der Waals surface area contributed by atoms with Crippen molar-refractivity contribution >= 4 is 34.4 Å². The van der Waals surface area contributed by atoms with Gasteiger partial charge in [0.1, 0.15) is 22.4 Å². The van der Waals surface area contributed by atoms with Crippen LogP contribution in [0.1, 0.15) is 5.82 Å². The van der Waals surface area contributed by atoms with Crippen molar-refractivity contribution < 1.29 is 9.47 Å². The predicted molar refractivity (Wildman–Crippen MR) is 78.1 cm³/mol. The topological polar surface area (TPSA) is 92.9 Å². The number of aromatic amines is 2. The van der Waals surface area contributed by atoms with Gasteiger partial charge in [-0.3, -0.25) is 9.89 Å². The molecule has 0 aliphatic heterocycles. The van der Waals surface area contributed by atoms with Gasteiger partial charge in [0.2, 0.25) is 0 Å². The smallest absolute Gasteiger partial charge is 0.276 e.